The van der Waals surface area contributed by atoms with Gasteiger partial charge in [-0.2, -0.15) is 18.4 Å². The van der Waals surface area contributed by atoms with E-state index in [4.69, 9.17) is 15.7 Å². The number of halogens is 4. The van der Waals surface area contributed by atoms with Gasteiger partial charge in [0.05, 0.1) is 17.2 Å². The molecule has 0 heterocycles. The molecule has 2 aromatic carbocycles. The van der Waals surface area contributed by atoms with Gasteiger partial charge in [-0.25, -0.2) is 4.39 Å². The summed E-state index contributed by atoms with van der Waals surface area (Å²) in [6.45, 7) is 0. The van der Waals surface area contributed by atoms with Crippen LogP contribution in [0.5, 0.6) is 11.5 Å². The van der Waals surface area contributed by atoms with E-state index in [2.05, 4.69) is 0 Å². The molecule has 0 spiro atoms. The van der Waals surface area contributed by atoms with E-state index in [1.807, 2.05) is 0 Å². The molecule has 0 radical (unpaired) electrons. The standard InChI is InChI=1S/C14H8F4N2O/c15-12-6-9(20)1-4-13(12)21-10-2-3-11(14(16,17)18)8(5-10)7-19/h1-6H,20H2. The Bertz CT molecular complexity index is 720. The first-order valence-corrected chi connectivity index (χ1v) is 5.65. The number of rotatable bonds is 2. The summed E-state index contributed by atoms with van der Waals surface area (Å²) in [5.41, 5.74) is 3.88. The van der Waals surface area contributed by atoms with Gasteiger partial charge < -0.3 is 10.5 Å². The van der Waals surface area contributed by atoms with Crippen LogP contribution in [0.3, 0.4) is 0 Å². The van der Waals surface area contributed by atoms with Crippen molar-refractivity contribution in [2.24, 2.45) is 0 Å². The lowest BCUT2D eigenvalue weighted by molar-refractivity contribution is -0.137. The number of nitrogens with zero attached hydrogens (tertiary/aromatic N) is 1. The van der Waals surface area contributed by atoms with Gasteiger partial charge in [0.1, 0.15) is 5.75 Å². The number of anilines is 1. The Hall–Kier alpha value is -2.75. The molecule has 0 saturated heterocycles. The van der Waals surface area contributed by atoms with Gasteiger partial charge in [-0.3, -0.25) is 0 Å². The third-order valence-electron chi connectivity index (χ3n) is 2.60. The van der Waals surface area contributed by atoms with E-state index in [9.17, 15) is 17.6 Å². The second kappa shape index (κ2) is 5.32. The summed E-state index contributed by atoms with van der Waals surface area (Å²) in [5.74, 6) is -1.04. The van der Waals surface area contributed by atoms with Crippen LogP contribution in [-0.4, -0.2) is 0 Å². The minimum absolute atomic E-state index is 0.0804. The fourth-order valence-corrected chi connectivity index (χ4v) is 1.65. The van der Waals surface area contributed by atoms with E-state index < -0.39 is 23.1 Å². The number of ether oxygens (including phenoxy) is 1. The van der Waals surface area contributed by atoms with Crippen molar-refractivity contribution >= 4 is 5.69 Å². The van der Waals surface area contributed by atoms with Gasteiger partial charge >= 0.3 is 6.18 Å². The predicted molar refractivity (Wildman–Crippen MR) is 67.0 cm³/mol. The fourth-order valence-electron chi connectivity index (χ4n) is 1.65. The lowest BCUT2D eigenvalue weighted by Gasteiger charge is -2.11. The number of alkyl halides is 3. The Kier molecular flexibility index (Phi) is 3.72. The molecule has 2 aromatic rings. The highest BCUT2D eigenvalue weighted by Crippen LogP contribution is 2.35. The van der Waals surface area contributed by atoms with Gasteiger partial charge in [0.2, 0.25) is 0 Å². The van der Waals surface area contributed by atoms with Crippen LogP contribution in [0.4, 0.5) is 23.2 Å². The lowest BCUT2D eigenvalue weighted by atomic mass is 10.1. The minimum atomic E-state index is -4.64. The van der Waals surface area contributed by atoms with Crippen molar-refractivity contribution in [2.75, 3.05) is 5.73 Å². The normalized spacial score (nSPS) is 11.0. The first-order valence-electron chi connectivity index (χ1n) is 5.65. The van der Waals surface area contributed by atoms with E-state index in [0.29, 0.717) is 6.07 Å². The van der Waals surface area contributed by atoms with Crippen molar-refractivity contribution in [3.05, 3.63) is 53.3 Å². The molecule has 2 N–H and O–H groups in total. The summed E-state index contributed by atoms with van der Waals surface area (Å²) in [6, 6.07) is 7.71. The Morgan fingerprint density at radius 2 is 1.81 bits per heavy atom. The minimum Gasteiger partial charge on any atom is -0.454 e. The molecule has 2 rings (SSSR count). The van der Waals surface area contributed by atoms with E-state index in [0.717, 1.165) is 18.2 Å². The molecule has 0 aliphatic rings. The summed E-state index contributed by atoms with van der Waals surface area (Å²) >= 11 is 0. The van der Waals surface area contributed by atoms with Crippen molar-refractivity contribution in [3.63, 3.8) is 0 Å². The highest BCUT2D eigenvalue weighted by molar-refractivity contribution is 5.48. The van der Waals surface area contributed by atoms with Crippen molar-refractivity contribution in [2.45, 2.75) is 6.18 Å². The summed E-state index contributed by atoms with van der Waals surface area (Å²) < 4.78 is 56.6. The largest absolute Gasteiger partial charge is 0.454 e. The van der Waals surface area contributed by atoms with E-state index >= 15 is 0 Å². The number of nitrogens with two attached hydrogens (primary N) is 1. The maximum atomic E-state index is 13.5. The molecule has 3 nitrogen and oxygen atoms in total. The Labute approximate surface area is 117 Å². The summed E-state index contributed by atoms with van der Waals surface area (Å²) in [4.78, 5) is 0. The van der Waals surface area contributed by atoms with Crippen LogP contribution in [-0.2, 0) is 6.18 Å². The van der Waals surface area contributed by atoms with Crippen LogP contribution in [0, 0.1) is 17.1 Å². The van der Waals surface area contributed by atoms with Crippen LogP contribution >= 0.6 is 0 Å². The molecule has 0 fully saturated rings. The van der Waals surface area contributed by atoms with Crippen molar-refractivity contribution < 1.29 is 22.3 Å². The highest BCUT2D eigenvalue weighted by Gasteiger charge is 2.33. The number of nitrogen functional groups attached to an aromatic ring is 1. The van der Waals surface area contributed by atoms with Crippen LogP contribution in [0.15, 0.2) is 36.4 Å². The molecule has 0 aliphatic carbocycles. The number of nitriles is 1. The van der Waals surface area contributed by atoms with Gasteiger partial charge in [-0.1, -0.05) is 0 Å². The van der Waals surface area contributed by atoms with Crippen LogP contribution in [0.1, 0.15) is 11.1 Å². The van der Waals surface area contributed by atoms with Gasteiger partial charge in [-0.15, -0.1) is 0 Å². The smallest absolute Gasteiger partial charge is 0.417 e. The maximum Gasteiger partial charge on any atom is 0.417 e. The second-order valence-corrected chi connectivity index (χ2v) is 4.11. The topological polar surface area (TPSA) is 59.0 Å². The molecule has 0 amide bonds. The Balaban J connectivity index is 2.36. The SMILES string of the molecule is N#Cc1cc(Oc2ccc(N)cc2F)ccc1C(F)(F)F. The summed E-state index contributed by atoms with van der Waals surface area (Å²) in [5, 5.41) is 8.77. The molecule has 0 aromatic heterocycles. The third kappa shape index (κ3) is 3.23. The van der Waals surface area contributed by atoms with Crippen LogP contribution in [0.25, 0.3) is 0 Å². The molecule has 0 saturated carbocycles. The zero-order valence-corrected chi connectivity index (χ0v) is 10.4. The molecule has 108 valence electrons. The number of benzene rings is 2. The van der Waals surface area contributed by atoms with Gasteiger partial charge in [-0.05, 0) is 30.3 Å². The predicted octanol–water partition coefficient (Wildman–Crippen LogP) is 4.09. The number of hydrogen-bond acceptors (Lipinski definition) is 3. The molecule has 0 aliphatic heterocycles. The number of hydrogen-bond donors (Lipinski definition) is 1. The summed E-state index contributed by atoms with van der Waals surface area (Å²) in [6.07, 6.45) is -4.64. The molecule has 0 atom stereocenters. The van der Waals surface area contributed by atoms with Crippen molar-refractivity contribution in [1.29, 1.82) is 5.26 Å². The Morgan fingerprint density at radius 1 is 1.10 bits per heavy atom. The van der Waals surface area contributed by atoms with E-state index in [1.165, 1.54) is 18.2 Å². The van der Waals surface area contributed by atoms with E-state index in [-0.39, 0.29) is 17.2 Å². The first-order chi connectivity index (χ1) is 9.81. The zero-order valence-electron chi connectivity index (χ0n) is 10.4. The Morgan fingerprint density at radius 3 is 2.38 bits per heavy atom. The van der Waals surface area contributed by atoms with Gasteiger partial charge in [0, 0.05) is 11.8 Å². The molecule has 21 heavy (non-hydrogen) atoms. The highest BCUT2D eigenvalue weighted by atomic mass is 19.4. The molecular weight excluding hydrogens is 288 g/mol. The van der Waals surface area contributed by atoms with E-state index in [1.54, 1.807) is 0 Å². The molecule has 7 heteroatoms. The maximum absolute atomic E-state index is 13.5. The van der Waals surface area contributed by atoms with Crippen LogP contribution in [0.2, 0.25) is 0 Å². The first kappa shape index (κ1) is 14.7. The average Bonchev–Trinajstić information content (AvgIpc) is 2.40. The monoisotopic (exact) mass is 296 g/mol. The molecule has 0 unspecified atom stereocenters. The van der Waals surface area contributed by atoms with Gasteiger partial charge in [0.15, 0.2) is 11.6 Å². The van der Waals surface area contributed by atoms with Crippen LogP contribution < -0.4 is 10.5 Å². The average molecular weight is 296 g/mol. The second-order valence-electron chi connectivity index (χ2n) is 4.11. The third-order valence-corrected chi connectivity index (χ3v) is 2.60. The summed E-state index contributed by atoms with van der Waals surface area (Å²) in [7, 11) is 0. The van der Waals surface area contributed by atoms with Crippen molar-refractivity contribution in [3.8, 4) is 17.6 Å². The van der Waals surface area contributed by atoms with Gasteiger partial charge in [0.25, 0.3) is 0 Å². The zero-order chi connectivity index (χ0) is 15.6. The molecule has 0 bridgehead atoms. The lowest BCUT2D eigenvalue weighted by Crippen LogP contribution is -2.07. The molecular formula is C14H8F4N2O. The quantitative estimate of drug-likeness (QED) is 0.670. The fraction of sp³-hybridized carbons (Fsp3) is 0.0714. The van der Waals surface area contributed by atoms with Crippen molar-refractivity contribution in [1.82, 2.24) is 0 Å².